The molecule has 1 aliphatic heterocycles. The molecule has 2 N–H and O–H groups in total. The number of ether oxygens (including phenoxy) is 1. The number of H-pyrrole nitrogens is 1. The molecule has 0 aliphatic carbocycles. The number of aromatic nitrogens is 1. The average Bonchev–Trinajstić information content (AvgIpc) is 3.23. The molecule has 3 aromatic rings. The zero-order valence-corrected chi connectivity index (χ0v) is 16.8. The highest BCUT2D eigenvalue weighted by Gasteiger charge is 2.24. The molecule has 0 saturated carbocycles. The molecule has 1 unspecified atom stereocenters. The second-order valence-electron chi connectivity index (χ2n) is 7.64. The topological polar surface area (TPSA) is 74.4 Å². The maximum atomic E-state index is 14.0. The minimum absolute atomic E-state index is 0.0965. The SMILES string of the molecule is Cc1ccc2cc(CN(CC3CCCO3)C(=O)Nc3ccccc3F)c(=O)[nH]c2c1. The van der Waals surface area contributed by atoms with Gasteiger partial charge in [0, 0.05) is 24.2 Å². The highest BCUT2D eigenvalue weighted by atomic mass is 19.1. The molecule has 6 nitrogen and oxygen atoms in total. The van der Waals surface area contributed by atoms with Gasteiger partial charge in [-0.25, -0.2) is 9.18 Å². The summed E-state index contributed by atoms with van der Waals surface area (Å²) in [5.41, 5.74) is 2.13. The number of amides is 2. The van der Waals surface area contributed by atoms with Crippen molar-refractivity contribution in [2.45, 2.75) is 32.4 Å². The molecule has 1 aromatic heterocycles. The first-order chi connectivity index (χ1) is 14.5. The fraction of sp³-hybridized carbons (Fsp3) is 0.304. The van der Waals surface area contributed by atoms with Gasteiger partial charge in [0.15, 0.2) is 0 Å². The molecule has 1 saturated heterocycles. The molecule has 7 heteroatoms. The summed E-state index contributed by atoms with van der Waals surface area (Å²) >= 11 is 0. The monoisotopic (exact) mass is 409 g/mol. The van der Waals surface area contributed by atoms with E-state index in [2.05, 4.69) is 10.3 Å². The molecule has 1 atom stereocenters. The molecule has 0 spiro atoms. The summed E-state index contributed by atoms with van der Waals surface area (Å²) in [7, 11) is 0. The number of pyridine rings is 1. The van der Waals surface area contributed by atoms with E-state index in [9.17, 15) is 14.0 Å². The third kappa shape index (κ3) is 4.52. The number of para-hydroxylation sites is 1. The van der Waals surface area contributed by atoms with Crippen molar-refractivity contribution in [3.8, 4) is 0 Å². The van der Waals surface area contributed by atoms with E-state index in [0.29, 0.717) is 18.7 Å². The molecule has 2 amide bonds. The van der Waals surface area contributed by atoms with Gasteiger partial charge in [0.1, 0.15) is 5.82 Å². The number of hydrogen-bond acceptors (Lipinski definition) is 3. The molecule has 0 radical (unpaired) electrons. The number of carbonyl (C=O) groups is 1. The number of rotatable bonds is 5. The highest BCUT2D eigenvalue weighted by Crippen LogP contribution is 2.19. The summed E-state index contributed by atoms with van der Waals surface area (Å²) in [5, 5.41) is 3.50. The first-order valence-electron chi connectivity index (χ1n) is 10.0. The van der Waals surface area contributed by atoms with Crippen LogP contribution in [0.2, 0.25) is 0 Å². The second kappa shape index (κ2) is 8.67. The molecule has 2 aromatic carbocycles. The van der Waals surface area contributed by atoms with Gasteiger partial charge < -0.3 is 19.9 Å². The summed E-state index contributed by atoms with van der Waals surface area (Å²) in [6, 6.07) is 13.2. The van der Waals surface area contributed by atoms with E-state index < -0.39 is 11.8 Å². The number of urea groups is 1. The number of carbonyl (C=O) groups excluding carboxylic acids is 1. The van der Waals surface area contributed by atoms with E-state index in [1.54, 1.807) is 18.2 Å². The number of aryl methyl sites for hydroxylation is 1. The Bertz CT molecular complexity index is 1120. The van der Waals surface area contributed by atoms with Crippen molar-refractivity contribution in [2.24, 2.45) is 0 Å². The Morgan fingerprint density at radius 2 is 2.10 bits per heavy atom. The largest absolute Gasteiger partial charge is 0.376 e. The van der Waals surface area contributed by atoms with Crippen LogP contribution in [0.5, 0.6) is 0 Å². The number of nitrogens with zero attached hydrogens (tertiary/aromatic N) is 1. The number of hydrogen-bond donors (Lipinski definition) is 2. The van der Waals surface area contributed by atoms with Gasteiger partial charge in [-0.2, -0.15) is 0 Å². The minimum atomic E-state index is -0.512. The van der Waals surface area contributed by atoms with Gasteiger partial charge in [-0.3, -0.25) is 4.79 Å². The lowest BCUT2D eigenvalue weighted by atomic mass is 10.1. The van der Waals surface area contributed by atoms with Crippen LogP contribution in [0, 0.1) is 12.7 Å². The predicted molar refractivity (Wildman–Crippen MR) is 114 cm³/mol. The molecule has 30 heavy (non-hydrogen) atoms. The lowest BCUT2D eigenvalue weighted by molar-refractivity contribution is 0.0818. The van der Waals surface area contributed by atoms with Crippen LogP contribution in [-0.4, -0.2) is 35.2 Å². The van der Waals surface area contributed by atoms with Gasteiger partial charge in [0.2, 0.25) is 0 Å². The van der Waals surface area contributed by atoms with Gasteiger partial charge in [-0.15, -0.1) is 0 Å². The van der Waals surface area contributed by atoms with Crippen molar-refractivity contribution in [2.75, 3.05) is 18.5 Å². The van der Waals surface area contributed by atoms with Crippen LogP contribution < -0.4 is 10.9 Å². The maximum Gasteiger partial charge on any atom is 0.322 e. The minimum Gasteiger partial charge on any atom is -0.376 e. The quantitative estimate of drug-likeness (QED) is 0.664. The average molecular weight is 409 g/mol. The van der Waals surface area contributed by atoms with Gasteiger partial charge in [0.25, 0.3) is 5.56 Å². The Kier molecular flexibility index (Phi) is 5.81. The summed E-state index contributed by atoms with van der Waals surface area (Å²) in [4.78, 5) is 30.0. The summed E-state index contributed by atoms with van der Waals surface area (Å²) in [6.45, 7) is 3.04. The lowest BCUT2D eigenvalue weighted by Crippen LogP contribution is -2.41. The molecule has 4 rings (SSSR count). The number of halogens is 1. The van der Waals surface area contributed by atoms with Crippen LogP contribution in [0.3, 0.4) is 0 Å². The summed E-state index contributed by atoms with van der Waals surface area (Å²) < 4.78 is 19.7. The Labute approximate surface area is 173 Å². The van der Waals surface area contributed by atoms with Gasteiger partial charge in [-0.1, -0.05) is 24.3 Å². The highest BCUT2D eigenvalue weighted by molar-refractivity contribution is 5.89. The Hall–Kier alpha value is -3.19. The fourth-order valence-electron chi connectivity index (χ4n) is 3.69. The number of aromatic amines is 1. The van der Waals surface area contributed by atoms with E-state index in [0.717, 1.165) is 29.3 Å². The first kappa shape index (κ1) is 20.1. The zero-order valence-electron chi connectivity index (χ0n) is 16.8. The molecule has 1 aliphatic rings. The molecule has 156 valence electrons. The number of fused-ring (bicyclic) bond motifs is 1. The standard InChI is InChI=1S/C23H24FN3O3/c1-15-8-9-16-12-17(22(28)25-21(16)11-15)13-27(14-18-5-4-10-30-18)23(29)26-20-7-3-2-6-19(20)24/h2-3,6-9,11-12,18H,4-5,10,13-14H2,1H3,(H,25,28)(H,26,29). The predicted octanol–water partition coefficient (Wildman–Crippen LogP) is 4.19. The van der Waals surface area contributed by atoms with Crippen molar-refractivity contribution in [3.05, 3.63) is 75.8 Å². The first-order valence-corrected chi connectivity index (χ1v) is 10.0. The van der Waals surface area contributed by atoms with Crippen LogP contribution >= 0.6 is 0 Å². The number of benzene rings is 2. The smallest absolute Gasteiger partial charge is 0.322 e. The van der Waals surface area contributed by atoms with Crippen molar-refractivity contribution in [1.29, 1.82) is 0 Å². The van der Waals surface area contributed by atoms with E-state index in [1.165, 1.54) is 17.0 Å². The summed E-state index contributed by atoms with van der Waals surface area (Å²) in [5.74, 6) is -0.512. The van der Waals surface area contributed by atoms with Gasteiger partial charge in [0.05, 0.1) is 18.3 Å². The van der Waals surface area contributed by atoms with Crippen LogP contribution in [0.1, 0.15) is 24.0 Å². The van der Waals surface area contributed by atoms with Crippen molar-refractivity contribution in [3.63, 3.8) is 0 Å². The fourth-order valence-corrected chi connectivity index (χ4v) is 3.69. The molecule has 0 bridgehead atoms. The van der Waals surface area contributed by atoms with E-state index in [1.807, 2.05) is 25.1 Å². The van der Waals surface area contributed by atoms with Gasteiger partial charge in [-0.05, 0) is 55.0 Å². The van der Waals surface area contributed by atoms with Crippen molar-refractivity contribution in [1.82, 2.24) is 9.88 Å². The normalized spacial score (nSPS) is 16.0. The van der Waals surface area contributed by atoms with E-state index in [4.69, 9.17) is 4.74 Å². The number of nitrogens with one attached hydrogen (secondary N) is 2. The molecular formula is C23H24FN3O3. The van der Waals surface area contributed by atoms with Crippen molar-refractivity contribution >= 4 is 22.6 Å². The van der Waals surface area contributed by atoms with E-state index >= 15 is 0 Å². The molecular weight excluding hydrogens is 385 g/mol. The summed E-state index contributed by atoms with van der Waals surface area (Å²) in [6.07, 6.45) is 1.68. The zero-order chi connectivity index (χ0) is 21.1. The Morgan fingerprint density at radius 3 is 2.87 bits per heavy atom. The van der Waals surface area contributed by atoms with Gasteiger partial charge >= 0.3 is 6.03 Å². The Balaban J connectivity index is 1.61. The molecule has 2 heterocycles. The van der Waals surface area contributed by atoms with Crippen LogP contribution in [0.25, 0.3) is 10.9 Å². The van der Waals surface area contributed by atoms with E-state index in [-0.39, 0.29) is 23.9 Å². The third-order valence-corrected chi connectivity index (χ3v) is 5.29. The van der Waals surface area contributed by atoms with Crippen molar-refractivity contribution < 1.29 is 13.9 Å². The second-order valence-corrected chi connectivity index (χ2v) is 7.64. The maximum absolute atomic E-state index is 14.0. The Morgan fingerprint density at radius 1 is 1.27 bits per heavy atom. The van der Waals surface area contributed by atoms with Crippen LogP contribution in [0.4, 0.5) is 14.9 Å². The van der Waals surface area contributed by atoms with Crippen LogP contribution in [0.15, 0.2) is 53.3 Å². The lowest BCUT2D eigenvalue weighted by Gasteiger charge is -2.26. The third-order valence-electron chi connectivity index (χ3n) is 5.29. The molecule has 1 fully saturated rings. The number of anilines is 1. The van der Waals surface area contributed by atoms with Crippen LogP contribution in [-0.2, 0) is 11.3 Å².